The first-order valence-corrected chi connectivity index (χ1v) is 8.65. The van der Waals surface area contributed by atoms with Crippen LogP contribution in [0.3, 0.4) is 0 Å². The van der Waals surface area contributed by atoms with Crippen LogP contribution in [0.2, 0.25) is 0 Å². The van der Waals surface area contributed by atoms with Gasteiger partial charge in [0.2, 0.25) is 5.91 Å². The number of nitrogens with one attached hydrogen (secondary N) is 1. The largest absolute Gasteiger partial charge is 0.340 e. The van der Waals surface area contributed by atoms with Crippen molar-refractivity contribution in [2.24, 2.45) is 0 Å². The first-order chi connectivity index (χ1) is 12.4. The Balaban J connectivity index is 1.71. The van der Waals surface area contributed by atoms with E-state index < -0.39 is 0 Å². The van der Waals surface area contributed by atoms with Crippen LogP contribution >= 0.6 is 0 Å². The maximum atomic E-state index is 12.7. The Morgan fingerprint density at radius 2 is 1.69 bits per heavy atom. The summed E-state index contributed by atoms with van der Waals surface area (Å²) < 4.78 is 0. The highest BCUT2D eigenvalue weighted by Gasteiger charge is 2.24. The molecule has 0 saturated carbocycles. The lowest BCUT2D eigenvalue weighted by Gasteiger charge is -2.34. The van der Waals surface area contributed by atoms with E-state index in [0.29, 0.717) is 37.7 Å². The molecule has 0 aliphatic carbocycles. The van der Waals surface area contributed by atoms with Gasteiger partial charge in [0, 0.05) is 44.9 Å². The molecule has 2 amide bonds. The standard InChI is InChI=1S/C19H23N5O2/c1-13-4-5-16(14(2)10-13)22-18-11-17(20-12-21-18)19(26)24-8-6-23(7-9-24)15(3)25/h4-5,10-12H,6-9H2,1-3H3,(H,20,21,22). The van der Waals surface area contributed by atoms with E-state index in [2.05, 4.69) is 21.4 Å². The monoisotopic (exact) mass is 353 g/mol. The fourth-order valence-corrected chi connectivity index (χ4v) is 3.02. The number of aromatic nitrogens is 2. The highest BCUT2D eigenvalue weighted by atomic mass is 16.2. The SMILES string of the molecule is CC(=O)N1CCN(C(=O)c2cc(Nc3ccc(C)cc3C)ncn2)CC1. The van der Waals surface area contributed by atoms with E-state index >= 15 is 0 Å². The topological polar surface area (TPSA) is 78.4 Å². The lowest BCUT2D eigenvalue weighted by molar-refractivity contribution is -0.130. The summed E-state index contributed by atoms with van der Waals surface area (Å²) in [7, 11) is 0. The molecule has 0 spiro atoms. The summed E-state index contributed by atoms with van der Waals surface area (Å²) in [5, 5.41) is 3.24. The van der Waals surface area contributed by atoms with Crippen molar-refractivity contribution in [3.8, 4) is 0 Å². The van der Waals surface area contributed by atoms with Crippen LogP contribution in [-0.2, 0) is 4.79 Å². The van der Waals surface area contributed by atoms with Crippen LogP contribution in [0.5, 0.6) is 0 Å². The van der Waals surface area contributed by atoms with E-state index in [9.17, 15) is 9.59 Å². The smallest absolute Gasteiger partial charge is 0.272 e. The third-order valence-corrected chi connectivity index (χ3v) is 4.54. The van der Waals surface area contributed by atoms with Gasteiger partial charge in [-0.05, 0) is 25.5 Å². The molecule has 2 aromatic rings. The third-order valence-electron chi connectivity index (χ3n) is 4.54. The molecule has 1 saturated heterocycles. The highest BCUT2D eigenvalue weighted by Crippen LogP contribution is 2.20. The van der Waals surface area contributed by atoms with Crippen LogP contribution in [0.1, 0.15) is 28.5 Å². The van der Waals surface area contributed by atoms with Gasteiger partial charge in [0.1, 0.15) is 17.8 Å². The zero-order valence-corrected chi connectivity index (χ0v) is 15.3. The van der Waals surface area contributed by atoms with Crippen molar-refractivity contribution in [1.82, 2.24) is 19.8 Å². The highest BCUT2D eigenvalue weighted by molar-refractivity contribution is 5.93. The summed E-state index contributed by atoms with van der Waals surface area (Å²) in [5.41, 5.74) is 3.60. The van der Waals surface area contributed by atoms with E-state index in [0.717, 1.165) is 11.3 Å². The molecule has 3 rings (SSSR count). The van der Waals surface area contributed by atoms with Crippen molar-refractivity contribution in [2.45, 2.75) is 20.8 Å². The molecule has 0 unspecified atom stereocenters. The number of rotatable bonds is 3. The van der Waals surface area contributed by atoms with Crippen LogP contribution in [0.25, 0.3) is 0 Å². The van der Waals surface area contributed by atoms with Gasteiger partial charge in [0.15, 0.2) is 0 Å². The number of hydrogen-bond acceptors (Lipinski definition) is 5. The van der Waals surface area contributed by atoms with Gasteiger partial charge in [-0.1, -0.05) is 17.7 Å². The van der Waals surface area contributed by atoms with E-state index in [1.807, 2.05) is 26.0 Å². The zero-order valence-electron chi connectivity index (χ0n) is 15.3. The number of anilines is 2. The second kappa shape index (κ2) is 7.51. The van der Waals surface area contributed by atoms with Gasteiger partial charge in [0.25, 0.3) is 5.91 Å². The molecule has 1 aliphatic rings. The molecule has 1 aromatic heterocycles. The number of piperazine rings is 1. The van der Waals surface area contributed by atoms with Crippen LogP contribution in [0.15, 0.2) is 30.6 Å². The molecule has 7 heteroatoms. The molecule has 0 atom stereocenters. The molecular weight excluding hydrogens is 330 g/mol. The maximum Gasteiger partial charge on any atom is 0.272 e. The minimum Gasteiger partial charge on any atom is -0.340 e. The molecule has 0 radical (unpaired) electrons. The lowest BCUT2D eigenvalue weighted by atomic mass is 10.1. The van der Waals surface area contributed by atoms with E-state index in [4.69, 9.17) is 0 Å². The van der Waals surface area contributed by atoms with Gasteiger partial charge in [-0.25, -0.2) is 9.97 Å². The van der Waals surface area contributed by atoms with Gasteiger partial charge < -0.3 is 15.1 Å². The molecule has 2 heterocycles. The molecule has 26 heavy (non-hydrogen) atoms. The zero-order chi connectivity index (χ0) is 18.7. The molecule has 0 bridgehead atoms. The van der Waals surface area contributed by atoms with Gasteiger partial charge in [-0.15, -0.1) is 0 Å². The van der Waals surface area contributed by atoms with Crippen molar-refractivity contribution in [3.05, 3.63) is 47.4 Å². The van der Waals surface area contributed by atoms with Crippen molar-refractivity contribution < 1.29 is 9.59 Å². The van der Waals surface area contributed by atoms with Crippen LogP contribution < -0.4 is 5.32 Å². The van der Waals surface area contributed by atoms with Gasteiger partial charge in [-0.3, -0.25) is 9.59 Å². The summed E-state index contributed by atoms with van der Waals surface area (Å²) >= 11 is 0. The Kier molecular flexibility index (Phi) is 5.16. The van der Waals surface area contributed by atoms with E-state index in [1.54, 1.807) is 22.8 Å². The number of aryl methyl sites for hydroxylation is 2. The quantitative estimate of drug-likeness (QED) is 0.915. The first-order valence-electron chi connectivity index (χ1n) is 8.65. The molecule has 1 aliphatic heterocycles. The number of carbonyl (C=O) groups excluding carboxylic acids is 2. The number of nitrogens with zero attached hydrogens (tertiary/aromatic N) is 4. The van der Waals surface area contributed by atoms with Crippen LogP contribution in [0.4, 0.5) is 11.5 Å². The van der Waals surface area contributed by atoms with Crippen molar-refractivity contribution in [1.29, 1.82) is 0 Å². The first kappa shape index (κ1) is 17.8. The summed E-state index contributed by atoms with van der Waals surface area (Å²) in [6, 6.07) is 7.77. The third kappa shape index (κ3) is 3.99. The number of carbonyl (C=O) groups is 2. The predicted molar refractivity (Wildman–Crippen MR) is 99.4 cm³/mol. The Morgan fingerprint density at radius 3 is 2.35 bits per heavy atom. The molecule has 1 aromatic carbocycles. The van der Waals surface area contributed by atoms with Crippen molar-refractivity contribution in [3.63, 3.8) is 0 Å². The van der Waals surface area contributed by atoms with Gasteiger partial charge >= 0.3 is 0 Å². The second-order valence-electron chi connectivity index (χ2n) is 6.53. The minimum absolute atomic E-state index is 0.0408. The average Bonchev–Trinajstić information content (AvgIpc) is 2.64. The minimum atomic E-state index is -0.140. The van der Waals surface area contributed by atoms with E-state index in [1.165, 1.54) is 11.9 Å². The Hall–Kier alpha value is -2.96. The van der Waals surface area contributed by atoms with Gasteiger partial charge in [0.05, 0.1) is 0 Å². The second-order valence-corrected chi connectivity index (χ2v) is 6.53. The summed E-state index contributed by atoms with van der Waals surface area (Å²) in [4.78, 5) is 35.9. The predicted octanol–water partition coefficient (Wildman–Crippen LogP) is 2.14. The van der Waals surface area contributed by atoms with E-state index in [-0.39, 0.29) is 11.8 Å². The Bertz CT molecular complexity index is 828. The molecular formula is C19H23N5O2. The lowest BCUT2D eigenvalue weighted by Crippen LogP contribution is -2.50. The molecule has 1 N–H and O–H groups in total. The van der Waals surface area contributed by atoms with Gasteiger partial charge in [-0.2, -0.15) is 0 Å². The van der Waals surface area contributed by atoms with Crippen LogP contribution in [-0.4, -0.2) is 57.8 Å². The summed E-state index contributed by atoms with van der Waals surface area (Å²) in [5.74, 6) is 0.482. The molecule has 1 fully saturated rings. The molecule has 7 nitrogen and oxygen atoms in total. The summed E-state index contributed by atoms with van der Waals surface area (Å²) in [6.45, 7) is 7.76. The number of benzene rings is 1. The Labute approximate surface area is 153 Å². The fraction of sp³-hybridized carbons (Fsp3) is 0.368. The van der Waals surface area contributed by atoms with Crippen LogP contribution in [0, 0.1) is 13.8 Å². The average molecular weight is 353 g/mol. The fourth-order valence-electron chi connectivity index (χ4n) is 3.02. The summed E-state index contributed by atoms with van der Waals surface area (Å²) in [6.07, 6.45) is 1.39. The maximum absolute atomic E-state index is 12.7. The van der Waals surface area contributed by atoms with Crippen molar-refractivity contribution in [2.75, 3.05) is 31.5 Å². The number of amides is 2. The molecule has 136 valence electrons. The normalized spacial score (nSPS) is 14.3. The van der Waals surface area contributed by atoms with Crippen molar-refractivity contribution >= 4 is 23.3 Å². The Morgan fingerprint density at radius 1 is 1.00 bits per heavy atom. The number of hydrogen-bond donors (Lipinski definition) is 1.